The van der Waals surface area contributed by atoms with Crippen molar-refractivity contribution < 1.29 is 23.0 Å². The van der Waals surface area contributed by atoms with Crippen molar-refractivity contribution in [2.24, 2.45) is 5.92 Å². The number of aliphatic hydroxyl groups is 1. The highest BCUT2D eigenvalue weighted by Gasteiger charge is 2.28. The Balaban J connectivity index is 1.88. The number of aliphatic hydroxyl groups excluding tert-OH is 1. The molecule has 2 rings (SSSR count). The van der Waals surface area contributed by atoms with Crippen LogP contribution in [-0.2, 0) is 9.84 Å². The molecule has 1 fully saturated rings. The second-order valence-electron chi connectivity index (χ2n) is 5.02. The number of hydrogen-bond acceptors (Lipinski definition) is 5. The van der Waals surface area contributed by atoms with Crippen LogP contribution in [0.15, 0.2) is 24.3 Å². The lowest BCUT2D eigenvalue weighted by Gasteiger charge is -2.26. The Morgan fingerprint density at radius 2 is 1.85 bits per heavy atom. The first-order valence-corrected chi connectivity index (χ1v) is 8.48. The molecule has 0 aromatic heterocycles. The van der Waals surface area contributed by atoms with Crippen molar-refractivity contribution in [2.45, 2.75) is 18.9 Å². The fourth-order valence-electron chi connectivity index (χ4n) is 2.34. The first-order chi connectivity index (χ1) is 9.52. The van der Waals surface area contributed by atoms with Crippen LogP contribution in [0.2, 0.25) is 0 Å². The molecular formula is C14H20O5S. The Morgan fingerprint density at radius 3 is 2.45 bits per heavy atom. The average Bonchev–Trinajstić information content (AvgIpc) is 2.45. The van der Waals surface area contributed by atoms with E-state index >= 15 is 0 Å². The van der Waals surface area contributed by atoms with Gasteiger partial charge in [-0.1, -0.05) is 12.1 Å². The van der Waals surface area contributed by atoms with Crippen LogP contribution in [0.3, 0.4) is 0 Å². The van der Waals surface area contributed by atoms with Crippen molar-refractivity contribution in [3.05, 3.63) is 24.3 Å². The summed E-state index contributed by atoms with van der Waals surface area (Å²) in [5.41, 5.74) is 0. The first kappa shape index (κ1) is 15.1. The number of methoxy groups -OCH3 is 1. The fraction of sp³-hybridized carbons (Fsp3) is 0.571. The molecule has 0 radical (unpaired) electrons. The summed E-state index contributed by atoms with van der Waals surface area (Å²) in [6.07, 6.45) is 0.341. The molecule has 0 bridgehead atoms. The first-order valence-electron chi connectivity index (χ1n) is 6.66. The summed E-state index contributed by atoms with van der Waals surface area (Å²) in [6.45, 7) is 0.144. The Labute approximate surface area is 119 Å². The summed E-state index contributed by atoms with van der Waals surface area (Å²) in [5, 5.41) is 10.1. The zero-order chi connectivity index (χ0) is 14.6. The van der Waals surface area contributed by atoms with Crippen molar-refractivity contribution in [3.63, 3.8) is 0 Å². The fourth-order valence-corrected chi connectivity index (χ4v) is 3.87. The molecule has 0 saturated carbocycles. The van der Waals surface area contributed by atoms with Crippen LogP contribution in [0.1, 0.15) is 12.8 Å². The van der Waals surface area contributed by atoms with Crippen LogP contribution in [0, 0.1) is 5.92 Å². The molecule has 0 spiro atoms. The molecule has 5 nitrogen and oxygen atoms in total. The van der Waals surface area contributed by atoms with Gasteiger partial charge in [0.15, 0.2) is 11.5 Å². The van der Waals surface area contributed by atoms with Gasteiger partial charge in [-0.3, -0.25) is 0 Å². The lowest BCUT2D eigenvalue weighted by atomic mass is 9.96. The standard InChI is InChI=1S/C14H20O5S/c1-18-13-4-2-3-5-14(13)19-10-12(15)11-6-8-20(16,17)9-7-11/h2-5,11-12,15H,6-10H2,1H3. The SMILES string of the molecule is COc1ccccc1OCC(O)C1CCS(=O)(=O)CC1. The van der Waals surface area contributed by atoms with E-state index in [2.05, 4.69) is 0 Å². The van der Waals surface area contributed by atoms with Crippen molar-refractivity contribution in [1.29, 1.82) is 0 Å². The van der Waals surface area contributed by atoms with E-state index in [1.165, 1.54) is 0 Å². The predicted octanol–water partition coefficient (Wildman–Crippen LogP) is 1.26. The summed E-state index contributed by atoms with van der Waals surface area (Å²) in [6, 6.07) is 7.23. The number of sulfone groups is 1. The lowest BCUT2D eigenvalue weighted by molar-refractivity contribution is 0.0519. The molecule has 0 aliphatic carbocycles. The van der Waals surface area contributed by atoms with Gasteiger partial charge in [-0.2, -0.15) is 0 Å². The van der Waals surface area contributed by atoms with Gasteiger partial charge in [0.2, 0.25) is 0 Å². The predicted molar refractivity (Wildman–Crippen MR) is 75.9 cm³/mol. The maximum absolute atomic E-state index is 11.4. The molecule has 1 aromatic carbocycles. The van der Waals surface area contributed by atoms with Gasteiger partial charge in [-0.15, -0.1) is 0 Å². The minimum atomic E-state index is -2.90. The Kier molecular flexibility index (Phi) is 4.88. The number of rotatable bonds is 5. The highest BCUT2D eigenvalue weighted by Crippen LogP contribution is 2.27. The van der Waals surface area contributed by atoms with E-state index in [-0.39, 0.29) is 24.0 Å². The minimum Gasteiger partial charge on any atom is -0.493 e. The van der Waals surface area contributed by atoms with Crippen molar-refractivity contribution >= 4 is 9.84 Å². The molecule has 1 atom stereocenters. The van der Waals surface area contributed by atoms with Crippen LogP contribution in [0.25, 0.3) is 0 Å². The highest BCUT2D eigenvalue weighted by molar-refractivity contribution is 7.91. The van der Waals surface area contributed by atoms with Crippen molar-refractivity contribution in [1.82, 2.24) is 0 Å². The highest BCUT2D eigenvalue weighted by atomic mass is 32.2. The quantitative estimate of drug-likeness (QED) is 0.886. The Morgan fingerprint density at radius 1 is 1.25 bits per heavy atom. The molecule has 1 aromatic rings. The summed E-state index contributed by atoms with van der Waals surface area (Å²) >= 11 is 0. The minimum absolute atomic E-state index is 0.0202. The van der Waals surface area contributed by atoms with E-state index < -0.39 is 15.9 Å². The third kappa shape index (κ3) is 3.86. The largest absolute Gasteiger partial charge is 0.493 e. The smallest absolute Gasteiger partial charge is 0.161 e. The number of benzene rings is 1. The van der Waals surface area contributed by atoms with E-state index in [0.717, 1.165) is 0 Å². The van der Waals surface area contributed by atoms with Crippen LogP contribution < -0.4 is 9.47 Å². The number of ether oxygens (including phenoxy) is 2. The van der Waals surface area contributed by atoms with Crippen LogP contribution in [-0.4, -0.2) is 44.9 Å². The number of para-hydroxylation sites is 2. The molecule has 1 saturated heterocycles. The normalized spacial score (nSPS) is 20.3. The Bertz CT molecular complexity index is 526. The molecule has 1 N–H and O–H groups in total. The van der Waals surface area contributed by atoms with Gasteiger partial charge in [0, 0.05) is 0 Å². The number of hydrogen-bond donors (Lipinski definition) is 1. The third-order valence-corrected chi connectivity index (χ3v) is 5.34. The summed E-state index contributed by atoms with van der Waals surface area (Å²) in [5.74, 6) is 1.49. The second-order valence-corrected chi connectivity index (χ2v) is 7.32. The van der Waals surface area contributed by atoms with E-state index in [0.29, 0.717) is 24.3 Å². The van der Waals surface area contributed by atoms with Gasteiger partial charge in [-0.05, 0) is 30.9 Å². The topological polar surface area (TPSA) is 72.8 Å². The van der Waals surface area contributed by atoms with Gasteiger partial charge in [-0.25, -0.2) is 8.42 Å². The van der Waals surface area contributed by atoms with E-state index in [1.54, 1.807) is 19.2 Å². The summed E-state index contributed by atoms with van der Waals surface area (Å²) in [4.78, 5) is 0. The van der Waals surface area contributed by atoms with Crippen LogP contribution in [0.4, 0.5) is 0 Å². The molecular weight excluding hydrogens is 280 g/mol. The molecule has 1 unspecified atom stereocenters. The molecule has 1 heterocycles. The summed E-state index contributed by atoms with van der Waals surface area (Å²) < 4.78 is 33.4. The van der Waals surface area contributed by atoms with E-state index in [4.69, 9.17) is 9.47 Å². The zero-order valence-electron chi connectivity index (χ0n) is 11.5. The molecule has 20 heavy (non-hydrogen) atoms. The summed E-state index contributed by atoms with van der Waals surface area (Å²) in [7, 11) is -1.34. The molecule has 6 heteroatoms. The Hall–Kier alpha value is -1.27. The van der Waals surface area contributed by atoms with E-state index in [1.807, 2.05) is 12.1 Å². The van der Waals surface area contributed by atoms with Crippen LogP contribution >= 0.6 is 0 Å². The molecule has 1 aliphatic heterocycles. The van der Waals surface area contributed by atoms with Gasteiger partial charge in [0.25, 0.3) is 0 Å². The van der Waals surface area contributed by atoms with Gasteiger partial charge >= 0.3 is 0 Å². The average molecular weight is 300 g/mol. The van der Waals surface area contributed by atoms with Crippen LogP contribution in [0.5, 0.6) is 11.5 Å². The van der Waals surface area contributed by atoms with E-state index in [9.17, 15) is 13.5 Å². The molecule has 1 aliphatic rings. The maximum atomic E-state index is 11.4. The van der Waals surface area contributed by atoms with Gasteiger partial charge in [0.05, 0.1) is 24.7 Å². The second kappa shape index (κ2) is 6.45. The maximum Gasteiger partial charge on any atom is 0.161 e. The third-order valence-electron chi connectivity index (χ3n) is 3.62. The van der Waals surface area contributed by atoms with Crippen molar-refractivity contribution in [3.8, 4) is 11.5 Å². The molecule has 112 valence electrons. The zero-order valence-corrected chi connectivity index (χ0v) is 12.3. The van der Waals surface area contributed by atoms with Crippen molar-refractivity contribution in [2.75, 3.05) is 25.2 Å². The van der Waals surface area contributed by atoms with Gasteiger partial charge in [0.1, 0.15) is 16.4 Å². The van der Waals surface area contributed by atoms with Gasteiger partial charge < -0.3 is 14.6 Å². The lowest BCUT2D eigenvalue weighted by Crippen LogP contribution is -2.34. The monoisotopic (exact) mass is 300 g/mol. The molecule has 0 amide bonds.